The van der Waals surface area contributed by atoms with Crippen LogP contribution < -0.4 is 5.32 Å². The quantitative estimate of drug-likeness (QED) is 0.873. The van der Waals surface area contributed by atoms with Crippen molar-refractivity contribution in [2.24, 2.45) is 0 Å². The average Bonchev–Trinajstić information content (AvgIpc) is 2.76. The van der Waals surface area contributed by atoms with E-state index in [-0.39, 0.29) is 6.04 Å². The molecule has 5 nitrogen and oxygen atoms in total. The first kappa shape index (κ1) is 11.1. The number of hydrogen-bond donors (Lipinski definition) is 1. The van der Waals surface area contributed by atoms with E-state index in [9.17, 15) is 0 Å². The van der Waals surface area contributed by atoms with E-state index < -0.39 is 0 Å². The molecule has 0 aliphatic heterocycles. The molecule has 1 N–H and O–H groups in total. The molecule has 0 bridgehead atoms. The minimum Gasteiger partial charge on any atom is -0.444 e. The molecular formula is C12H12N4O. The van der Waals surface area contributed by atoms with Gasteiger partial charge in [0.15, 0.2) is 0 Å². The minimum atomic E-state index is -0.0925. The van der Waals surface area contributed by atoms with Gasteiger partial charge in [0.25, 0.3) is 0 Å². The van der Waals surface area contributed by atoms with E-state index in [0.717, 1.165) is 5.76 Å². The molecule has 2 aromatic heterocycles. The van der Waals surface area contributed by atoms with Crippen molar-refractivity contribution in [3.63, 3.8) is 0 Å². The number of oxazole rings is 1. The maximum absolute atomic E-state index is 8.78. The number of nitrogens with zero attached hydrogens (tertiary/aromatic N) is 3. The van der Waals surface area contributed by atoms with Gasteiger partial charge in [0.05, 0.1) is 17.8 Å². The zero-order chi connectivity index (χ0) is 12.3. The Morgan fingerprint density at radius 2 is 2.29 bits per heavy atom. The van der Waals surface area contributed by atoms with Crippen LogP contribution in [0.2, 0.25) is 0 Å². The zero-order valence-electron chi connectivity index (χ0n) is 9.64. The molecule has 0 amide bonds. The lowest BCUT2D eigenvalue weighted by atomic mass is 10.2. The van der Waals surface area contributed by atoms with Crippen molar-refractivity contribution in [1.29, 1.82) is 5.26 Å². The number of nitrogens with one attached hydrogen (secondary N) is 1. The predicted molar refractivity (Wildman–Crippen MR) is 62.2 cm³/mol. The van der Waals surface area contributed by atoms with Gasteiger partial charge in [0.2, 0.25) is 5.89 Å². The summed E-state index contributed by atoms with van der Waals surface area (Å²) in [6.45, 7) is 3.77. The summed E-state index contributed by atoms with van der Waals surface area (Å²) >= 11 is 0. The molecule has 2 aromatic rings. The fraction of sp³-hybridized carbons (Fsp3) is 0.250. The van der Waals surface area contributed by atoms with Crippen molar-refractivity contribution < 1.29 is 4.42 Å². The molecule has 0 saturated heterocycles. The van der Waals surface area contributed by atoms with Crippen LogP contribution in [0, 0.1) is 18.3 Å². The van der Waals surface area contributed by atoms with Gasteiger partial charge >= 0.3 is 0 Å². The molecule has 86 valence electrons. The van der Waals surface area contributed by atoms with Crippen LogP contribution >= 0.6 is 0 Å². The Morgan fingerprint density at radius 3 is 2.94 bits per heavy atom. The Bertz CT molecular complexity index is 556. The molecule has 0 saturated carbocycles. The van der Waals surface area contributed by atoms with Crippen LogP contribution in [-0.2, 0) is 0 Å². The molecule has 1 unspecified atom stereocenters. The number of hydrogen-bond acceptors (Lipinski definition) is 5. The summed E-state index contributed by atoms with van der Waals surface area (Å²) in [5.74, 6) is 2.01. The minimum absolute atomic E-state index is 0.0925. The molecule has 0 fully saturated rings. The van der Waals surface area contributed by atoms with E-state index in [0.29, 0.717) is 17.3 Å². The van der Waals surface area contributed by atoms with E-state index in [4.69, 9.17) is 9.68 Å². The van der Waals surface area contributed by atoms with Gasteiger partial charge in [-0.15, -0.1) is 0 Å². The molecule has 2 rings (SSSR count). The summed E-state index contributed by atoms with van der Waals surface area (Å²) in [7, 11) is 0. The SMILES string of the molecule is Cc1cnc(C(C)Nc2cc(C#N)ccn2)o1. The first-order chi connectivity index (χ1) is 8.19. The summed E-state index contributed by atoms with van der Waals surface area (Å²) < 4.78 is 5.41. The number of anilines is 1. The summed E-state index contributed by atoms with van der Waals surface area (Å²) in [6.07, 6.45) is 3.26. The smallest absolute Gasteiger partial charge is 0.216 e. The molecule has 2 heterocycles. The Labute approximate surface area is 99.1 Å². The van der Waals surface area contributed by atoms with Crippen LogP contribution in [0.1, 0.15) is 30.2 Å². The number of rotatable bonds is 3. The van der Waals surface area contributed by atoms with Crippen molar-refractivity contribution in [1.82, 2.24) is 9.97 Å². The largest absolute Gasteiger partial charge is 0.444 e. The molecule has 0 aliphatic carbocycles. The third kappa shape index (κ3) is 2.61. The van der Waals surface area contributed by atoms with Crippen LogP contribution in [-0.4, -0.2) is 9.97 Å². The first-order valence-electron chi connectivity index (χ1n) is 5.24. The van der Waals surface area contributed by atoms with E-state index in [1.54, 1.807) is 24.5 Å². The standard InChI is InChI=1S/C12H12N4O/c1-8-7-15-12(17-8)9(2)16-11-5-10(6-13)3-4-14-11/h3-5,7,9H,1-2H3,(H,14,16). The highest BCUT2D eigenvalue weighted by molar-refractivity contribution is 5.43. The summed E-state index contributed by atoms with van der Waals surface area (Å²) in [5.41, 5.74) is 0.568. The number of aryl methyl sites for hydroxylation is 1. The van der Waals surface area contributed by atoms with Gasteiger partial charge in [-0.3, -0.25) is 0 Å². The van der Waals surface area contributed by atoms with Crippen molar-refractivity contribution in [2.45, 2.75) is 19.9 Å². The highest BCUT2D eigenvalue weighted by Crippen LogP contribution is 2.17. The molecular weight excluding hydrogens is 216 g/mol. The van der Waals surface area contributed by atoms with Crippen LogP contribution in [0.4, 0.5) is 5.82 Å². The van der Waals surface area contributed by atoms with Gasteiger partial charge < -0.3 is 9.73 Å². The third-order valence-corrected chi connectivity index (χ3v) is 2.26. The van der Waals surface area contributed by atoms with Crippen LogP contribution in [0.15, 0.2) is 28.9 Å². The first-order valence-corrected chi connectivity index (χ1v) is 5.24. The monoisotopic (exact) mass is 228 g/mol. The molecule has 1 atom stereocenters. The molecule has 0 spiro atoms. The van der Waals surface area contributed by atoms with E-state index in [1.807, 2.05) is 13.8 Å². The third-order valence-electron chi connectivity index (χ3n) is 2.26. The highest BCUT2D eigenvalue weighted by atomic mass is 16.4. The Hall–Kier alpha value is -2.35. The van der Waals surface area contributed by atoms with Crippen LogP contribution in [0.5, 0.6) is 0 Å². The fourth-order valence-electron chi connectivity index (χ4n) is 1.43. The lowest BCUT2D eigenvalue weighted by Gasteiger charge is -2.10. The Balaban J connectivity index is 2.13. The second kappa shape index (κ2) is 4.66. The van der Waals surface area contributed by atoms with Crippen molar-refractivity contribution in [3.8, 4) is 6.07 Å². The number of pyridine rings is 1. The van der Waals surface area contributed by atoms with Gasteiger partial charge in [0.1, 0.15) is 17.6 Å². The lowest BCUT2D eigenvalue weighted by Crippen LogP contribution is -2.08. The lowest BCUT2D eigenvalue weighted by molar-refractivity contribution is 0.453. The number of nitriles is 1. The topological polar surface area (TPSA) is 74.7 Å². The molecule has 17 heavy (non-hydrogen) atoms. The second-order valence-corrected chi connectivity index (χ2v) is 3.72. The predicted octanol–water partition coefficient (Wildman–Crippen LogP) is 2.42. The van der Waals surface area contributed by atoms with Gasteiger partial charge in [-0.1, -0.05) is 0 Å². The Kier molecular flexibility index (Phi) is 3.06. The van der Waals surface area contributed by atoms with Crippen LogP contribution in [0.3, 0.4) is 0 Å². The maximum atomic E-state index is 8.78. The summed E-state index contributed by atoms with van der Waals surface area (Å²) in [5, 5.41) is 11.9. The van der Waals surface area contributed by atoms with Crippen molar-refractivity contribution in [2.75, 3.05) is 5.32 Å². The van der Waals surface area contributed by atoms with Gasteiger partial charge in [-0.2, -0.15) is 5.26 Å². The van der Waals surface area contributed by atoms with E-state index in [2.05, 4.69) is 21.4 Å². The number of aromatic nitrogens is 2. The van der Waals surface area contributed by atoms with E-state index >= 15 is 0 Å². The maximum Gasteiger partial charge on any atom is 0.216 e. The normalized spacial score (nSPS) is 11.8. The van der Waals surface area contributed by atoms with E-state index in [1.165, 1.54) is 0 Å². The fourth-order valence-corrected chi connectivity index (χ4v) is 1.43. The molecule has 5 heteroatoms. The molecule has 0 aliphatic rings. The highest BCUT2D eigenvalue weighted by Gasteiger charge is 2.11. The average molecular weight is 228 g/mol. The second-order valence-electron chi connectivity index (χ2n) is 3.72. The summed E-state index contributed by atoms with van der Waals surface area (Å²) in [4.78, 5) is 8.26. The Morgan fingerprint density at radius 1 is 1.47 bits per heavy atom. The van der Waals surface area contributed by atoms with Crippen molar-refractivity contribution in [3.05, 3.63) is 41.7 Å². The zero-order valence-corrected chi connectivity index (χ0v) is 9.64. The van der Waals surface area contributed by atoms with Crippen LogP contribution in [0.25, 0.3) is 0 Å². The molecule has 0 aromatic carbocycles. The van der Waals surface area contributed by atoms with Crippen molar-refractivity contribution >= 4 is 5.82 Å². The van der Waals surface area contributed by atoms with Gasteiger partial charge in [-0.25, -0.2) is 9.97 Å². The summed E-state index contributed by atoms with van der Waals surface area (Å²) in [6, 6.07) is 5.32. The molecule has 0 radical (unpaired) electrons. The van der Waals surface area contributed by atoms with Gasteiger partial charge in [-0.05, 0) is 26.0 Å². The van der Waals surface area contributed by atoms with Gasteiger partial charge in [0, 0.05) is 6.20 Å².